The number of pyridine rings is 1. The normalized spacial score (nSPS) is 12.4. The van der Waals surface area contributed by atoms with Crippen LogP contribution >= 0.6 is 0 Å². The summed E-state index contributed by atoms with van der Waals surface area (Å²) in [6, 6.07) is 1.73. The van der Waals surface area contributed by atoms with E-state index in [4.69, 9.17) is 0 Å². The van der Waals surface area contributed by atoms with Gasteiger partial charge in [-0.05, 0) is 32.8 Å². The Morgan fingerprint density at radius 2 is 1.92 bits per heavy atom. The first-order chi connectivity index (χ1) is 12.0. The fourth-order valence-electron chi connectivity index (χ4n) is 2.72. The molecule has 0 aliphatic carbocycles. The number of halogens is 3. The molecule has 26 heavy (non-hydrogen) atoms. The summed E-state index contributed by atoms with van der Waals surface area (Å²) in [5, 5.41) is 4.88. The Balaban J connectivity index is 2.50. The zero-order chi connectivity index (χ0) is 19.6. The van der Waals surface area contributed by atoms with Crippen molar-refractivity contribution in [3.05, 3.63) is 23.5 Å². The number of carbonyl (C=O) groups excluding carboxylic acids is 1. The molecular formula is C18H25F3N4O. The monoisotopic (exact) mass is 370 g/mol. The minimum atomic E-state index is -4.30. The van der Waals surface area contributed by atoms with Gasteiger partial charge in [-0.3, -0.25) is 4.79 Å². The van der Waals surface area contributed by atoms with Crippen molar-refractivity contribution in [2.45, 2.75) is 59.2 Å². The van der Waals surface area contributed by atoms with E-state index >= 15 is 0 Å². The van der Waals surface area contributed by atoms with Crippen LogP contribution < -0.4 is 0 Å². The predicted molar refractivity (Wildman–Crippen MR) is 94.3 cm³/mol. The van der Waals surface area contributed by atoms with Crippen LogP contribution in [-0.2, 0) is 0 Å². The van der Waals surface area contributed by atoms with Crippen LogP contribution in [0.2, 0.25) is 0 Å². The van der Waals surface area contributed by atoms with E-state index in [0.717, 1.165) is 5.69 Å². The van der Waals surface area contributed by atoms with Crippen LogP contribution in [0.1, 0.15) is 69.1 Å². The molecule has 0 unspecified atom stereocenters. The van der Waals surface area contributed by atoms with Crippen LogP contribution in [0.25, 0.3) is 11.0 Å². The summed E-state index contributed by atoms with van der Waals surface area (Å²) < 4.78 is 39.4. The smallest absolute Gasteiger partial charge is 0.339 e. The summed E-state index contributed by atoms with van der Waals surface area (Å²) in [6.45, 7) is 9.35. The molecule has 0 aromatic carbocycles. The van der Waals surface area contributed by atoms with Gasteiger partial charge in [0.1, 0.15) is 0 Å². The van der Waals surface area contributed by atoms with E-state index in [1.165, 1.54) is 4.90 Å². The second-order valence-corrected chi connectivity index (χ2v) is 6.92. The zero-order valence-corrected chi connectivity index (χ0v) is 15.8. The van der Waals surface area contributed by atoms with Gasteiger partial charge in [0.05, 0.1) is 23.6 Å². The first-order valence-electron chi connectivity index (χ1n) is 8.79. The first-order valence-corrected chi connectivity index (χ1v) is 8.79. The summed E-state index contributed by atoms with van der Waals surface area (Å²) in [5.41, 5.74) is 1.66. The number of nitrogens with zero attached hydrogens (tertiary/aromatic N) is 4. The lowest BCUT2D eigenvalue weighted by Crippen LogP contribution is -2.34. The molecule has 2 rings (SSSR count). The molecule has 0 aliphatic heterocycles. The maximum absolute atomic E-state index is 13.0. The topological polar surface area (TPSA) is 51.0 Å². The summed E-state index contributed by atoms with van der Waals surface area (Å²) in [4.78, 5) is 18.8. The molecule has 0 N–H and O–H groups in total. The Bertz CT molecular complexity index is 781. The van der Waals surface area contributed by atoms with Crippen LogP contribution in [0.5, 0.6) is 0 Å². The highest BCUT2D eigenvalue weighted by molar-refractivity contribution is 6.05. The van der Waals surface area contributed by atoms with Crippen molar-refractivity contribution in [2.75, 3.05) is 13.1 Å². The van der Waals surface area contributed by atoms with E-state index in [2.05, 4.69) is 10.1 Å². The molecule has 0 radical (unpaired) electrons. The van der Waals surface area contributed by atoms with E-state index in [1.54, 1.807) is 23.9 Å². The summed E-state index contributed by atoms with van der Waals surface area (Å²) in [5.74, 6) is -0.346. The Kier molecular flexibility index (Phi) is 5.93. The van der Waals surface area contributed by atoms with Gasteiger partial charge in [0.2, 0.25) is 0 Å². The van der Waals surface area contributed by atoms with Crippen molar-refractivity contribution in [2.24, 2.45) is 0 Å². The van der Waals surface area contributed by atoms with Crippen molar-refractivity contribution in [3.63, 3.8) is 0 Å². The van der Waals surface area contributed by atoms with Gasteiger partial charge >= 0.3 is 6.18 Å². The Hall–Kier alpha value is -2.12. The molecular weight excluding hydrogens is 345 g/mol. The number of aromatic nitrogens is 3. The molecule has 2 aromatic heterocycles. The Labute approximate surface area is 151 Å². The van der Waals surface area contributed by atoms with Gasteiger partial charge in [-0.2, -0.15) is 18.3 Å². The molecule has 0 bridgehead atoms. The fourth-order valence-corrected chi connectivity index (χ4v) is 2.72. The van der Waals surface area contributed by atoms with E-state index in [1.807, 2.05) is 27.7 Å². The average Bonchev–Trinajstić information content (AvgIpc) is 2.97. The molecule has 0 spiro atoms. The standard InChI is InChI=1S/C18H25F3N4O/c1-6-24(8-7-18(19,20)21)17(26)13-9-15(11(2)3)23-16-14(13)10-22-25(16)12(4)5/h9-12H,6-8H2,1-5H3. The van der Waals surface area contributed by atoms with Crippen LogP contribution in [0.15, 0.2) is 12.3 Å². The summed E-state index contributed by atoms with van der Waals surface area (Å²) in [7, 11) is 0. The number of amides is 1. The van der Waals surface area contributed by atoms with Gasteiger partial charge in [-0.25, -0.2) is 9.67 Å². The molecule has 0 atom stereocenters. The lowest BCUT2D eigenvalue weighted by molar-refractivity contribution is -0.136. The third-order valence-electron chi connectivity index (χ3n) is 4.23. The van der Waals surface area contributed by atoms with Crippen LogP contribution in [-0.4, -0.2) is 44.8 Å². The first kappa shape index (κ1) is 20.2. The Morgan fingerprint density at radius 3 is 2.42 bits per heavy atom. The molecule has 0 fully saturated rings. The van der Waals surface area contributed by atoms with Crippen LogP contribution in [0, 0.1) is 0 Å². The van der Waals surface area contributed by atoms with E-state index in [9.17, 15) is 18.0 Å². The maximum Gasteiger partial charge on any atom is 0.390 e. The van der Waals surface area contributed by atoms with Gasteiger partial charge in [-0.15, -0.1) is 0 Å². The van der Waals surface area contributed by atoms with Crippen molar-refractivity contribution in [3.8, 4) is 0 Å². The molecule has 0 saturated carbocycles. The van der Waals surface area contributed by atoms with Crippen LogP contribution in [0.4, 0.5) is 13.2 Å². The minimum absolute atomic E-state index is 0.0536. The molecule has 0 aliphatic rings. The maximum atomic E-state index is 13.0. The molecule has 144 valence electrons. The zero-order valence-electron chi connectivity index (χ0n) is 15.8. The molecule has 8 heteroatoms. The second kappa shape index (κ2) is 7.63. The largest absolute Gasteiger partial charge is 0.390 e. The minimum Gasteiger partial charge on any atom is -0.339 e. The van der Waals surface area contributed by atoms with Crippen molar-refractivity contribution < 1.29 is 18.0 Å². The van der Waals surface area contributed by atoms with Crippen molar-refractivity contribution in [1.82, 2.24) is 19.7 Å². The van der Waals surface area contributed by atoms with Crippen LogP contribution in [0.3, 0.4) is 0 Å². The van der Waals surface area contributed by atoms with Gasteiger partial charge < -0.3 is 4.90 Å². The third-order valence-corrected chi connectivity index (χ3v) is 4.23. The van der Waals surface area contributed by atoms with Crippen molar-refractivity contribution in [1.29, 1.82) is 0 Å². The van der Waals surface area contributed by atoms with Crippen molar-refractivity contribution >= 4 is 16.9 Å². The lowest BCUT2D eigenvalue weighted by atomic mass is 10.0. The highest BCUT2D eigenvalue weighted by Gasteiger charge is 2.30. The number of rotatable bonds is 6. The number of carbonyl (C=O) groups is 1. The van der Waals surface area contributed by atoms with Gasteiger partial charge in [0, 0.05) is 24.8 Å². The quantitative estimate of drug-likeness (QED) is 0.750. The molecule has 2 aromatic rings. The number of alkyl halides is 3. The fraction of sp³-hybridized carbons (Fsp3) is 0.611. The summed E-state index contributed by atoms with van der Waals surface area (Å²) in [6.07, 6.45) is -3.76. The van der Waals surface area contributed by atoms with E-state index in [0.29, 0.717) is 16.6 Å². The van der Waals surface area contributed by atoms with E-state index < -0.39 is 18.5 Å². The third kappa shape index (κ3) is 4.34. The highest BCUT2D eigenvalue weighted by Crippen LogP contribution is 2.26. The van der Waals surface area contributed by atoms with Gasteiger partial charge in [-0.1, -0.05) is 13.8 Å². The Morgan fingerprint density at radius 1 is 1.27 bits per heavy atom. The van der Waals surface area contributed by atoms with E-state index in [-0.39, 0.29) is 25.0 Å². The molecule has 2 heterocycles. The number of fused-ring (bicyclic) bond motifs is 1. The number of hydrogen-bond acceptors (Lipinski definition) is 3. The SMILES string of the molecule is CCN(CCC(F)(F)F)C(=O)c1cc(C(C)C)nc2c1cnn2C(C)C. The second-order valence-electron chi connectivity index (χ2n) is 6.92. The number of hydrogen-bond donors (Lipinski definition) is 0. The predicted octanol–water partition coefficient (Wildman–Crippen LogP) is 4.55. The summed E-state index contributed by atoms with van der Waals surface area (Å²) >= 11 is 0. The van der Waals surface area contributed by atoms with Gasteiger partial charge in [0.25, 0.3) is 5.91 Å². The van der Waals surface area contributed by atoms with Gasteiger partial charge in [0.15, 0.2) is 5.65 Å². The molecule has 1 amide bonds. The highest BCUT2D eigenvalue weighted by atomic mass is 19.4. The molecule has 0 saturated heterocycles. The average molecular weight is 370 g/mol. The lowest BCUT2D eigenvalue weighted by Gasteiger charge is -2.22. The molecule has 5 nitrogen and oxygen atoms in total.